The van der Waals surface area contributed by atoms with E-state index < -0.39 is 0 Å². The molecule has 0 amide bonds. The highest BCUT2D eigenvalue weighted by Gasteiger charge is 2.07. The maximum Gasteiger partial charge on any atom is 0.128 e. The van der Waals surface area contributed by atoms with Gasteiger partial charge in [-0.1, -0.05) is 23.7 Å². The molecule has 5 heteroatoms. The van der Waals surface area contributed by atoms with Gasteiger partial charge in [0, 0.05) is 25.8 Å². The van der Waals surface area contributed by atoms with Gasteiger partial charge in [0.05, 0.1) is 16.3 Å². The molecule has 1 heterocycles. The maximum atomic E-state index is 9.13. The highest BCUT2D eigenvalue weighted by molar-refractivity contribution is 6.33. The first kappa shape index (κ1) is 16.1. The van der Waals surface area contributed by atoms with Crippen LogP contribution in [0.25, 0.3) is 0 Å². The highest BCUT2D eigenvalue weighted by Crippen LogP contribution is 2.26. The molecule has 4 nitrogen and oxygen atoms in total. The van der Waals surface area contributed by atoms with Crippen LogP contribution in [0.3, 0.4) is 0 Å². The zero-order chi connectivity index (χ0) is 15.9. The van der Waals surface area contributed by atoms with E-state index in [1.165, 1.54) is 0 Å². The Bertz CT molecular complexity index is 657. The molecule has 22 heavy (non-hydrogen) atoms. The molecule has 0 aliphatic carbocycles. The van der Waals surface area contributed by atoms with Crippen molar-refractivity contribution in [1.29, 1.82) is 5.26 Å². The van der Waals surface area contributed by atoms with Gasteiger partial charge in [-0.2, -0.15) is 5.26 Å². The van der Waals surface area contributed by atoms with Crippen LogP contribution < -0.4 is 10.2 Å². The van der Waals surface area contributed by atoms with Crippen molar-refractivity contribution in [2.45, 2.75) is 20.4 Å². The minimum Gasteiger partial charge on any atom is -0.379 e. The van der Waals surface area contributed by atoms with E-state index in [0.717, 1.165) is 24.5 Å². The lowest BCUT2D eigenvalue weighted by Gasteiger charge is -2.19. The number of nitriles is 1. The highest BCUT2D eigenvalue weighted by atomic mass is 35.5. The number of rotatable bonds is 6. The monoisotopic (exact) mass is 314 g/mol. The topological polar surface area (TPSA) is 52.0 Å². The number of hydrogen-bond donors (Lipinski definition) is 1. The van der Waals surface area contributed by atoms with Gasteiger partial charge >= 0.3 is 0 Å². The van der Waals surface area contributed by atoms with Crippen LogP contribution in [0.5, 0.6) is 0 Å². The number of pyridine rings is 1. The molecular formula is C17H19ClN4. The number of nitrogens with one attached hydrogen (secondary N) is 1. The van der Waals surface area contributed by atoms with E-state index in [9.17, 15) is 0 Å². The molecule has 0 saturated carbocycles. The Morgan fingerprint density at radius 1 is 1.23 bits per heavy atom. The Morgan fingerprint density at radius 2 is 2.00 bits per heavy atom. The number of anilines is 2. The average molecular weight is 315 g/mol. The average Bonchev–Trinajstić information content (AvgIpc) is 2.56. The lowest BCUT2D eigenvalue weighted by Crippen LogP contribution is -2.22. The largest absolute Gasteiger partial charge is 0.379 e. The molecule has 0 unspecified atom stereocenters. The fourth-order valence-electron chi connectivity index (χ4n) is 2.24. The predicted molar refractivity (Wildman–Crippen MR) is 91.3 cm³/mol. The summed E-state index contributed by atoms with van der Waals surface area (Å²) < 4.78 is 0. The smallest absolute Gasteiger partial charge is 0.128 e. The van der Waals surface area contributed by atoms with Gasteiger partial charge in [0.1, 0.15) is 11.9 Å². The summed E-state index contributed by atoms with van der Waals surface area (Å²) >= 11 is 6.14. The fourth-order valence-corrected chi connectivity index (χ4v) is 2.48. The van der Waals surface area contributed by atoms with Crippen LogP contribution in [-0.4, -0.2) is 18.1 Å². The third-order valence-corrected chi connectivity index (χ3v) is 3.81. The summed E-state index contributed by atoms with van der Waals surface area (Å²) in [5, 5.41) is 12.9. The predicted octanol–water partition coefficient (Wildman–Crippen LogP) is 4.06. The number of hydrogen-bond acceptors (Lipinski definition) is 4. The molecule has 0 radical (unpaired) electrons. The van der Waals surface area contributed by atoms with E-state index in [1.807, 2.05) is 18.3 Å². The third-order valence-electron chi connectivity index (χ3n) is 3.50. The van der Waals surface area contributed by atoms with Crippen molar-refractivity contribution in [2.75, 3.05) is 23.3 Å². The number of benzene rings is 1. The third kappa shape index (κ3) is 3.69. The fraction of sp³-hybridized carbons (Fsp3) is 0.294. The second kappa shape index (κ2) is 7.67. The lowest BCUT2D eigenvalue weighted by atomic mass is 10.2. The van der Waals surface area contributed by atoms with Crippen molar-refractivity contribution >= 4 is 23.1 Å². The van der Waals surface area contributed by atoms with Gasteiger partial charge < -0.3 is 10.2 Å². The molecule has 0 fully saturated rings. The molecule has 0 aliphatic rings. The molecule has 1 N–H and O–H groups in total. The molecule has 0 atom stereocenters. The molecule has 1 aromatic carbocycles. The Morgan fingerprint density at radius 3 is 2.59 bits per heavy atom. The summed E-state index contributed by atoms with van der Waals surface area (Å²) in [7, 11) is 0. The second-order valence-corrected chi connectivity index (χ2v) is 5.23. The molecule has 0 saturated heterocycles. The number of para-hydroxylation sites is 1. The van der Waals surface area contributed by atoms with Gasteiger partial charge in [0.2, 0.25) is 0 Å². The van der Waals surface area contributed by atoms with E-state index in [0.29, 0.717) is 22.8 Å². The quantitative estimate of drug-likeness (QED) is 0.873. The summed E-state index contributed by atoms with van der Waals surface area (Å²) in [6.07, 6.45) is 1.85. The van der Waals surface area contributed by atoms with Gasteiger partial charge in [-0.3, -0.25) is 0 Å². The molecule has 1 aromatic heterocycles. The molecule has 0 bridgehead atoms. The van der Waals surface area contributed by atoms with Gasteiger partial charge in [0.15, 0.2) is 0 Å². The molecule has 114 valence electrons. The Labute approximate surface area is 136 Å². The van der Waals surface area contributed by atoms with Crippen LogP contribution in [0.4, 0.5) is 11.5 Å². The van der Waals surface area contributed by atoms with Crippen LogP contribution in [0, 0.1) is 11.3 Å². The van der Waals surface area contributed by atoms with E-state index in [1.54, 1.807) is 18.2 Å². The molecular weight excluding hydrogens is 296 g/mol. The van der Waals surface area contributed by atoms with Crippen LogP contribution in [-0.2, 0) is 6.54 Å². The zero-order valence-electron chi connectivity index (χ0n) is 12.8. The van der Waals surface area contributed by atoms with Gasteiger partial charge in [0.25, 0.3) is 0 Å². The van der Waals surface area contributed by atoms with Crippen molar-refractivity contribution in [2.24, 2.45) is 0 Å². The lowest BCUT2D eigenvalue weighted by molar-refractivity contribution is 0.844. The summed E-state index contributed by atoms with van der Waals surface area (Å²) in [5.74, 6) is 0.976. The standard InChI is InChI=1S/C17H19ClN4/c1-3-22(4-2)16-9-8-13(11-20-16)12-21-17-14(10-19)6-5-7-15(17)18/h5-9,11,21H,3-4,12H2,1-2H3. The van der Waals surface area contributed by atoms with Gasteiger partial charge in [-0.05, 0) is 37.6 Å². The minimum atomic E-state index is 0.542. The SMILES string of the molecule is CCN(CC)c1ccc(CNc2c(Cl)cccc2C#N)cn1. The normalized spacial score (nSPS) is 10.1. The van der Waals surface area contributed by atoms with Crippen LogP contribution in [0.1, 0.15) is 25.0 Å². The number of halogens is 1. The minimum absolute atomic E-state index is 0.542. The summed E-state index contributed by atoms with van der Waals surface area (Å²) in [4.78, 5) is 6.68. The number of aromatic nitrogens is 1. The molecule has 2 aromatic rings. The van der Waals surface area contributed by atoms with Crippen molar-refractivity contribution in [3.05, 3.63) is 52.7 Å². The van der Waals surface area contributed by atoms with Crippen LogP contribution in [0.2, 0.25) is 5.02 Å². The van der Waals surface area contributed by atoms with Crippen molar-refractivity contribution < 1.29 is 0 Å². The van der Waals surface area contributed by atoms with Crippen molar-refractivity contribution in [3.63, 3.8) is 0 Å². The first-order valence-electron chi connectivity index (χ1n) is 7.32. The molecule has 0 spiro atoms. The Hall–Kier alpha value is -2.25. The number of nitrogens with zero attached hydrogens (tertiary/aromatic N) is 3. The van der Waals surface area contributed by atoms with E-state index in [2.05, 4.69) is 35.1 Å². The van der Waals surface area contributed by atoms with Crippen LogP contribution >= 0.6 is 11.6 Å². The van der Waals surface area contributed by atoms with E-state index in [4.69, 9.17) is 16.9 Å². The summed E-state index contributed by atoms with van der Waals surface area (Å²) in [6.45, 7) is 6.67. The van der Waals surface area contributed by atoms with E-state index in [-0.39, 0.29) is 0 Å². The zero-order valence-corrected chi connectivity index (χ0v) is 13.6. The van der Waals surface area contributed by atoms with Crippen LogP contribution in [0.15, 0.2) is 36.5 Å². The van der Waals surface area contributed by atoms with Gasteiger partial charge in [-0.15, -0.1) is 0 Å². The Kier molecular flexibility index (Phi) is 5.62. The second-order valence-electron chi connectivity index (χ2n) is 4.82. The van der Waals surface area contributed by atoms with Crippen molar-refractivity contribution in [3.8, 4) is 6.07 Å². The van der Waals surface area contributed by atoms with E-state index >= 15 is 0 Å². The Balaban J connectivity index is 2.08. The summed E-state index contributed by atoms with van der Waals surface area (Å²) in [6, 6.07) is 11.5. The molecule has 2 rings (SSSR count). The molecule has 0 aliphatic heterocycles. The summed E-state index contributed by atoms with van der Waals surface area (Å²) in [5.41, 5.74) is 2.25. The first-order chi connectivity index (χ1) is 10.7. The van der Waals surface area contributed by atoms with Gasteiger partial charge in [-0.25, -0.2) is 4.98 Å². The maximum absolute atomic E-state index is 9.13. The van der Waals surface area contributed by atoms with Crippen molar-refractivity contribution in [1.82, 2.24) is 4.98 Å². The first-order valence-corrected chi connectivity index (χ1v) is 7.69.